The molecule has 0 aromatic heterocycles. The lowest BCUT2D eigenvalue weighted by molar-refractivity contribution is -0.174. The van der Waals surface area contributed by atoms with Crippen LogP contribution in [0.5, 0.6) is 0 Å². The molecule has 5 saturated carbocycles. The van der Waals surface area contributed by atoms with E-state index in [0.29, 0.717) is 41.4 Å². The van der Waals surface area contributed by atoms with Gasteiger partial charge in [-0.2, -0.15) is 0 Å². The fourth-order valence-electron chi connectivity index (χ4n) is 9.48. The number of hydrogen-bond acceptors (Lipinski definition) is 3. The number of hydrogen-bond donors (Lipinski definition) is 3. The van der Waals surface area contributed by atoms with Crippen molar-refractivity contribution >= 4 is 5.97 Å². The van der Waals surface area contributed by atoms with E-state index in [1.807, 2.05) is 0 Å². The molecule has 0 radical (unpaired) electrons. The molecular formula is C25H40O4. The molecule has 0 aromatic carbocycles. The summed E-state index contributed by atoms with van der Waals surface area (Å²) in [5, 5.41) is 30.9. The first-order valence-electron chi connectivity index (χ1n) is 12.3. The largest absolute Gasteiger partial charge is 0.481 e. The van der Waals surface area contributed by atoms with Crippen LogP contribution in [-0.4, -0.2) is 33.5 Å². The van der Waals surface area contributed by atoms with Crippen LogP contribution in [0.4, 0.5) is 0 Å². The van der Waals surface area contributed by atoms with Crippen molar-refractivity contribution in [2.75, 3.05) is 0 Å². The van der Waals surface area contributed by atoms with Crippen molar-refractivity contribution in [3.8, 4) is 0 Å². The number of carbonyl (C=O) groups is 1. The van der Waals surface area contributed by atoms with Crippen molar-refractivity contribution in [3.63, 3.8) is 0 Å². The molecule has 3 N–H and O–H groups in total. The highest BCUT2D eigenvalue weighted by Gasteiger charge is 2.64. The minimum Gasteiger partial charge on any atom is -0.481 e. The van der Waals surface area contributed by atoms with Crippen LogP contribution in [0.3, 0.4) is 0 Å². The molecule has 5 aliphatic rings. The minimum atomic E-state index is -0.605. The van der Waals surface area contributed by atoms with Crippen molar-refractivity contribution in [1.29, 1.82) is 0 Å². The standard InChI is InChI=1S/C25H40O4/c1-13(16-12-17(16)23(28)29)18-4-5-19-22-20(7-9-25(18,19)3)24(2)8-6-15(26)10-14(24)11-21(22)27/h13-22,26-27H,4-12H2,1-3H3,(H,28,29)/t13-,14+,15-,16-,17-,18-,19+,20+,21-,22+,24+,25-/m1/s1. The zero-order valence-corrected chi connectivity index (χ0v) is 18.4. The van der Waals surface area contributed by atoms with E-state index < -0.39 is 5.97 Å². The van der Waals surface area contributed by atoms with E-state index in [1.54, 1.807) is 0 Å². The molecule has 5 rings (SSSR count). The lowest BCUT2D eigenvalue weighted by Gasteiger charge is -2.62. The number of aliphatic carboxylic acids is 1. The van der Waals surface area contributed by atoms with Crippen molar-refractivity contribution in [2.45, 2.75) is 90.8 Å². The summed E-state index contributed by atoms with van der Waals surface area (Å²) in [6.07, 6.45) is 9.08. The Morgan fingerprint density at radius 1 is 0.931 bits per heavy atom. The summed E-state index contributed by atoms with van der Waals surface area (Å²) in [5.41, 5.74) is 0.531. The number of fused-ring (bicyclic) bond motifs is 5. The van der Waals surface area contributed by atoms with Gasteiger partial charge in [0.2, 0.25) is 0 Å². The smallest absolute Gasteiger partial charge is 0.306 e. The quantitative estimate of drug-likeness (QED) is 0.654. The highest BCUT2D eigenvalue weighted by molar-refractivity contribution is 5.73. The molecule has 0 saturated heterocycles. The minimum absolute atomic E-state index is 0.113. The van der Waals surface area contributed by atoms with E-state index in [9.17, 15) is 20.1 Å². The van der Waals surface area contributed by atoms with Crippen molar-refractivity contribution < 1.29 is 20.1 Å². The zero-order chi connectivity index (χ0) is 20.7. The van der Waals surface area contributed by atoms with Crippen LogP contribution in [0.15, 0.2) is 0 Å². The lowest BCUT2D eigenvalue weighted by atomic mass is 9.43. The molecule has 4 nitrogen and oxygen atoms in total. The Balaban J connectivity index is 1.39. The van der Waals surface area contributed by atoms with Gasteiger partial charge < -0.3 is 15.3 Å². The molecule has 0 amide bonds. The van der Waals surface area contributed by atoms with Gasteiger partial charge in [-0.3, -0.25) is 4.79 Å². The average Bonchev–Trinajstić information content (AvgIpc) is 3.39. The second kappa shape index (κ2) is 6.69. The van der Waals surface area contributed by atoms with Crippen molar-refractivity contribution in [1.82, 2.24) is 0 Å². The predicted molar refractivity (Wildman–Crippen MR) is 111 cm³/mol. The van der Waals surface area contributed by atoms with Crippen LogP contribution in [0.1, 0.15) is 78.6 Å². The number of rotatable bonds is 3. The van der Waals surface area contributed by atoms with E-state index in [-0.39, 0.29) is 29.0 Å². The maximum Gasteiger partial charge on any atom is 0.306 e. The van der Waals surface area contributed by atoms with Crippen LogP contribution in [-0.2, 0) is 4.79 Å². The van der Waals surface area contributed by atoms with Gasteiger partial charge in [0, 0.05) is 0 Å². The molecule has 5 aliphatic carbocycles. The summed E-state index contributed by atoms with van der Waals surface area (Å²) in [5.74, 6) is 2.76. The second-order valence-corrected chi connectivity index (χ2v) is 12.2. The number of aliphatic hydroxyl groups is 2. The molecule has 12 atom stereocenters. The van der Waals surface area contributed by atoms with E-state index in [0.717, 1.165) is 32.1 Å². The molecule has 29 heavy (non-hydrogen) atoms. The topological polar surface area (TPSA) is 77.8 Å². The average molecular weight is 405 g/mol. The fourth-order valence-corrected chi connectivity index (χ4v) is 9.48. The summed E-state index contributed by atoms with van der Waals surface area (Å²) in [6, 6.07) is 0. The number of aliphatic hydroxyl groups excluding tert-OH is 2. The molecular weight excluding hydrogens is 364 g/mol. The van der Waals surface area contributed by atoms with Crippen LogP contribution >= 0.6 is 0 Å². The predicted octanol–water partition coefficient (Wildman–Crippen LogP) is 4.33. The molecule has 0 unspecified atom stereocenters. The Kier molecular flexibility index (Phi) is 4.68. The maximum absolute atomic E-state index is 11.4. The lowest BCUT2D eigenvalue weighted by Crippen LogP contribution is -2.58. The van der Waals surface area contributed by atoms with E-state index in [4.69, 9.17) is 0 Å². The first-order chi connectivity index (χ1) is 13.7. The summed E-state index contributed by atoms with van der Waals surface area (Å²) in [6.45, 7) is 7.26. The monoisotopic (exact) mass is 404 g/mol. The van der Waals surface area contributed by atoms with Gasteiger partial charge in [0.1, 0.15) is 0 Å². The molecule has 0 bridgehead atoms. The van der Waals surface area contributed by atoms with Gasteiger partial charge in [-0.1, -0.05) is 20.8 Å². The van der Waals surface area contributed by atoms with Gasteiger partial charge in [-0.05, 0) is 110 Å². The summed E-state index contributed by atoms with van der Waals surface area (Å²) < 4.78 is 0. The van der Waals surface area contributed by atoms with Gasteiger partial charge in [0.05, 0.1) is 18.1 Å². The Morgan fingerprint density at radius 2 is 1.62 bits per heavy atom. The maximum atomic E-state index is 11.4. The molecule has 0 heterocycles. The van der Waals surface area contributed by atoms with Gasteiger partial charge in [-0.25, -0.2) is 0 Å². The van der Waals surface area contributed by atoms with E-state index in [2.05, 4.69) is 20.8 Å². The third-order valence-electron chi connectivity index (χ3n) is 11.2. The van der Waals surface area contributed by atoms with Gasteiger partial charge in [0.15, 0.2) is 0 Å². The van der Waals surface area contributed by atoms with E-state index in [1.165, 1.54) is 25.7 Å². The van der Waals surface area contributed by atoms with Crippen LogP contribution in [0, 0.1) is 58.2 Å². The van der Waals surface area contributed by atoms with Gasteiger partial charge in [-0.15, -0.1) is 0 Å². The Morgan fingerprint density at radius 3 is 2.31 bits per heavy atom. The Bertz CT molecular complexity index is 678. The molecule has 164 valence electrons. The second-order valence-electron chi connectivity index (χ2n) is 12.2. The molecule has 0 aliphatic heterocycles. The normalized spacial score (nSPS) is 57.3. The highest BCUT2D eigenvalue weighted by Crippen LogP contribution is 2.69. The van der Waals surface area contributed by atoms with Crippen LogP contribution in [0.25, 0.3) is 0 Å². The number of carboxylic acid groups (broad SMARTS) is 1. The summed E-state index contributed by atoms with van der Waals surface area (Å²) in [4.78, 5) is 11.4. The summed E-state index contributed by atoms with van der Waals surface area (Å²) in [7, 11) is 0. The van der Waals surface area contributed by atoms with Crippen LogP contribution in [0.2, 0.25) is 0 Å². The Hall–Kier alpha value is -0.610. The Labute approximate surface area is 175 Å². The molecule has 5 fully saturated rings. The molecule has 0 aromatic rings. The zero-order valence-electron chi connectivity index (χ0n) is 18.4. The summed E-state index contributed by atoms with van der Waals surface area (Å²) >= 11 is 0. The third kappa shape index (κ3) is 2.87. The van der Waals surface area contributed by atoms with E-state index >= 15 is 0 Å². The number of carboxylic acids is 1. The first-order valence-corrected chi connectivity index (χ1v) is 12.3. The van der Waals surface area contributed by atoms with Crippen LogP contribution < -0.4 is 0 Å². The van der Waals surface area contributed by atoms with Crippen molar-refractivity contribution in [2.24, 2.45) is 58.2 Å². The molecule has 0 spiro atoms. The van der Waals surface area contributed by atoms with Crippen molar-refractivity contribution in [3.05, 3.63) is 0 Å². The fraction of sp³-hybridized carbons (Fsp3) is 0.960. The van der Waals surface area contributed by atoms with Gasteiger partial charge >= 0.3 is 5.97 Å². The van der Waals surface area contributed by atoms with Gasteiger partial charge in [0.25, 0.3) is 0 Å². The SMILES string of the molecule is C[C@H]([C@H]1C[C@H]1C(=O)O)[C@H]1CC[C@H]2[C@@H]3[C@H](O)C[C@@H]4C[C@H](O)CC[C@]4(C)[C@H]3CC[C@]12C. The first kappa shape index (κ1) is 20.3. The third-order valence-corrected chi connectivity index (χ3v) is 11.2. The highest BCUT2D eigenvalue weighted by atomic mass is 16.4. The molecule has 4 heteroatoms.